The van der Waals surface area contributed by atoms with Crippen LogP contribution in [-0.4, -0.2) is 16.6 Å². The predicted octanol–water partition coefficient (Wildman–Crippen LogP) is 4.38. The van der Waals surface area contributed by atoms with Crippen LogP contribution in [0.5, 0.6) is 5.75 Å². The molecule has 0 unspecified atom stereocenters. The maximum absolute atomic E-state index is 14.0. The average Bonchev–Trinajstić information content (AvgIpc) is 2.22. The molecular weight excluding hydrogens is 344 g/mol. The van der Waals surface area contributed by atoms with E-state index in [0.29, 0.717) is 6.42 Å². The maximum atomic E-state index is 14.0. The number of benzene rings is 1. The Bertz CT molecular complexity index is 540. The molecule has 1 rings (SSSR count). The summed E-state index contributed by atoms with van der Waals surface area (Å²) < 4.78 is 27.2. The van der Waals surface area contributed by atoms with Gasteiger partial charge in [0.05, 0.1) is 4.47 Å². The highest BCUT2D eigenvalue weighted by Crippen LogP contribution is 2.32. The van der Waals surface area contributed by atoms with Gasteiger partial charge in [0.1, 0.15) is 5.56 Å². The first-order valence-corrected chi connectivity index (χ1v) is 7.32. The highest BCUT2D eigenvalue weighted by Gasteiger charge is 2.30. The first-order valence-electron chi connectivity index (χ1n) is 6.53. The first kappa shape index (κ1) is 17.9. The second-order valence-electron chi connectivity index (χ2n) is 6.95. The van der Waals surface area contributed by atoms with Crippen LogP contribution in [0.4, 0.5) is 8.78 Å². The Kier molecular flexibility index (Phi) is 5.03. The number of carbonyl (C=O) groups is 1. The lowest BCUT2D eigenvalue weighted by atomic mass is 9.81. The number of rotatable bonds is 3. The van der Waals surface area contributed by atoms with Gasteiger partial charge in [0, 0.05) is 5.54 Å². The molecule has 0 fully saturated rings. The van der Waals surface area contributed by atoms with Gasteiger partial charge in [0.25, 0.3) is 5.91 Å². The summed E-state index contributed by atoms with van der Waals surface area (Å²) in [4.78, 5) is 12.2. The van der Waals surface area contributed by atoms with Crippen LogP contribution in [0.2, 0.25) is 0 Å². The van der Waals surface area contributed by atoms with E-state index in [4.69, 9.17) is 0 Å². The summed E-state index contributed by atoms with van der Waals surface area (Å²) in [7, 11) is 0. The fourth-order valence-electron chi connectivity index (χ4n) is 2.53. The lowest BCUT2D eigenvalue weighted by Crippen LogP contribution is -2.46. The van der Waals surface area contributed by atoms with Gasteiger partial charge >= 0.3 is 0 Å². The molecule has 1 amide bonds. The number of carbonyl (C=O) groups excluding carboxylic acids is 1. The van der Waals surface area contributed by atoms with Crippen molar-refractivity contribution in [3.8, 4) is 5.75 Å². The molecule has 0 aliphatic heterocycles. The van der Waals surface area contributed by atoms with Crippen molar-refractivity contribution >= 4 is 21.8 Å². The summed E-state index contributed by atoms with van der Waals surface area (Å²) in [6.45, 7) is 9.62. The number of hydrogen-bond donors (Lipinski definition) is 2. The van der Waals surface area contributed by atoms with Gasteiger partial charge in [-0.1, -0.05) is 20.8 Å². The summed E-state index contributed by atoms with van der Waals surface area (Å²) in [6.07, 6.45) is 0.630. The van der Waals surface area contributed by atoms with Gasteiger partial charge in [-0.15, -0.1) is 0 Å². The summed E-state index contributed by atoms with van der Waals surface area (Å²) in [6, 6.07) is 0.780. The molecule has 0 aliphatic rings. The van der Waals surface area contributed by atoms with E-state index in [1.807, 2.05) is 20.8 Å². The molecule has 1 aromatic carbocycles. The van der Waals surface area contributed by atoms with E-state index in [9.17, 15) is 18.7 Å². The van der Waals surface area contributed by atoms with Gasteiger partial charge in [-0.2, -0.15) is 0 Å². The predicted molar refractivity (Wildman–Crippen MR) is 81.3 cm³/mol. The monoisotopic (exact) mass is 363 g/mol. The molecule has 0 heterocycles. The minimum atomic E-state index is -1.05. The zero-order chi connectivity index (χ0) is 16.6. The normalized spacial score (nSPS) is 12.4. The van der Waals surface area contributed by atoms with Crippen LogP contribution in [-0.2, 0) is 0 Å². The van der Waals surface area contributed by atoms with E-state index in [1.165, 1.54) is 0 Å². The van der Waals surface area contributed by atoms with Crippen LogP contribution < -0.4 is 5.32 Å². The number of phenols is 1. The Morgan fingerprint density at radius 1 is 1.29 bits per heavy atom. The summed E-state index contributed by atoms with van der Waals surface area (Å²) in [5.41, 5.74) is -1.38. The molecule has 2 N–H and O–H groups in total. The smallest absolute Gasteiger partial charge is 0.258 e. The maximum Gasteiger partial charge on any atom is 0.258 e. The standard InChI is InChI=1S/C15H20BrF2NO2/c1-14(2,3)7-15(4,5)19-13(21)10-11(18)8(16)6-9(17)12(10)20/h6,20H,7H2,1-5H3,(H,19,21). The van der Waals surface area contributed by atoms with Crippen molar-refractivity contribution in [2.45, 2.75) is 46.6 Å². The third kappa shape index (κ3) is 4.66. The molecule has 0 bridgehead atoms. The Hall–Kier alpha value is -1.17. The Labute approximate surface area is 131 Å². The van der Waals surface area contributed by atoms with Gasteiger partial charge in [0.15, 0.2) is 17.4 Å². The lowest BCUT2D eigenvalue weighted by molar-refractivity contribution is 0.0883. The van der Waals surface area contributed by atoms with Gasteiger partial charge in [-0.3, -0.25) is 4.79 Å². The highest BCUT2D eigenvalue weighted by atomic mass is 79.9. The number of amides is 1. The minimum Gasteiger partial charge on any atom is -0.504 e. The topological polar surface area (TPSA) is 49.3 Å². The van der Waals surface area contributed by atoms with Crippen LogP contribution in [0, 0.1) is 17.0 Å². The Morgan fingerprint density at radius 3 is 2.29 bits per heavy atom. The number of halogens is 3. The molecule has 1 aromatic rings. The first-order chi connectivity index (χ1) is 9.34. The number of hydrogen-bond acceptors (Lipinski definition) is 2. The van der Waals surface area contributed by atoms with E-state index >= 15 is 0 Å². The summed E-state index contributed by atoms with van der Waals surface area (Å²) >= 11 is 2.82. The fourth-order valence-corrected chi connectivity index (χ4v) is 2.93. The number of phenolic OH excluding ortho intramolecular Hbond substituents is 1. The molecule has 0 saturated carbocycles. The molecule has 0 radical (unpaired) electrons. The third-order valence-electron chi connectivity index (χ3n) is 2.80. The zero-order valence-corrected chi connectivity index (χ0v) is 14.4. The molecule has 6 heteroatoms. The van der Waals surface area contributed by atoms with Crippen molar-refractivity contribution < 1.29 is 18.7 Å². The molecule has 0 saturated heterocycles. The molecule has 118 valence electrons. The fraction of sp³-hybridized carbons (Fsp3) is 0.533. The molecule has 21 heavy (non-hydrogen) atoms. The van der Waals surface area contributed by atoms with E-state index in [2.05, 4.69) is 21.2 Å². The number of nitrogens with one attached hydrogen (secondary N) is 1. The molecular formula is C15H20BrF2NO2. The highest BCUT2D eigenvalue weighted by molar-refractivity contribution is 9.10. The van der Waals surface area contributed by atoms with Crippen LogP contribution in [0.1, 0.15) is 51.4 Å². The van der Waals surface area contributed by atoms with Crippen molar-refractivity contribution in [1.82, 2.24) is 5.32 Å². The van der Waals surface area contributed by atoms with Crippen LogP contribution in [0.25, 0.3) is 0 Å². The zero-order valence-electron chi connectivity index (χ0n) is 12.8. The largest absolute Gasteiger partial charge is 0.504 e. The summed E-state index contributed by atoms with van der Waals surface area (Å²) in [5, 5.41) is 12.2. The Morgan fingerprint density at radius 2 is 1.81 bits per heavy atom. The van der Waals surface area contributed by atoms with E-state index < -0.39 is 34.4 Å². The van der Waals surface area contributed by atoms with E-state index in [0.717, 1.165) is 6.07 Å². The molecule has 0 spiro atoms. The van der Waals surface area contributed by atoms with Gasteiger partial charge < -0.3 is 10.4 Å². The molecule has 0 atom stereocenters. The van der Waals surface area contributed by atoms with Crippen LogP contribution in [0.15, 0.2) is 10.5 Å². The average molecular weight is 364 g/mol. The number of aromatic hydroxyl groups is 1. The van der Waals surface area contributed by atoms with Crippen molar-refractivity contribution in [2.75, 3.05) is 0 Å². The molecule has 0 aromatic heterocycles. The lowest BCUT2D eigenvalue weighted by Gasteiger charge is -2.33. The van der Waals surface area contributed by atoms with E-state index in [-0.39, 0.29) is 9.89 Å². The molecule has 0 aliphatic carbocycles. The van der Waals surface area contributed by atoms with E-state index in [1.54, 1.807) is 13.8 Å². The minimum absolute atomic E-state index is 0.0557. The third-order valence-corrected chi connectivity index (χ3v) is 3.37. The van der Waals surface area contributed by atoms with Crippen LogP contribution in [0.3, 0.4) is 0 Å². The van der Waals surface area contributed by atoms with Crippen molar-refractivity contribution in [3.63, 3.8) is 0 Å². The second kappa shape index (κ2) is 5.91. The van der Waals surface area contributed by atoms with Gasteiger partial charge in [-0.05, 0) is 47.7 Å². The molecule has 3 nitrogen and oxygen atoms in total. The second-order valence-corrected chi connectivity index (χ2v) is 7.81. The summed E-state index contributed by atoms with van der Waals surface area (Å²) in [5.74, 6) is -3.88. The van der Waals surface area contributed by atoms with Crippen molar-refractivity contribution in [3.05, 3.63) is 27.7 Å². The van der Waals surface area contributed by atoms with Gasteiger partial charge in [-0.25, -0.2) is 8.78 Å². The quantitative estimate of drug-likeness (QED) is 0.783. The van der Waals surface area contributed by atoms with Gasteiger partial charge in [0.2, 0.25) is 0 Å². The SMILES string of the molecule is CC(C)(C)CC(C)(C)NC(=O)c1c(O)c(F)cc(Br)c1F. The van der Waals surface area contributed by atoms with Crippen LogP contribution >= 0.6 is 15.9 Å². The van der Waals surface area contributed by atoms with Crippen molar-refractivity contribution in [1.29, 1.82) is 0 Å². The van der Waals surface area contributed by atoms with Crippen molar-refractivity contribution in [2.24, 2.45) is 5.41 Å². The Balaban J connectivity index is 3.11.